The van der Waals surface area contributed by atoms with E-state index < -0.39 is 0 Å². The average Bonchev–Trinajstić information content (AvgIpc) is 3.26. The molecule has 1 saturated heterocycles. The Labute approximate surface area is 173 Å². The summed E-state index contributed by atoms with van der Waals surface area (Å²) in [6, 6.07) is 8.78. The maximum Gasteiger partial charge on any atom is 0.226 e. The van der Waals surface area contributed by atoms with Crippen LogP contribution in [0.25, 0.3) is 11.4 Å². The number of ether oxygens (including phenoxy) is 3. The van der Waals surface area contributed by atoms with Crippen molar-refractivity contribution < 1.29 is 14.2 Å². The fourth-order valence-electron chi connectivity index (χ4n) is 2.98. The number of benzene rings is 1. The zero-order chi connectivity index (χ0) is 20.9. The fraction of sp³-hybridized carbons (Fsp3) is 0.286. The van der Waals surface area contributed by atoms with Crippen LogP contribution in [0.5, 0.6) is 17.5 Å². The Morgan fingerprint density at radius 2 is 2.00 bits per heavy atom. The Hall–Kier alpha value is -3.61. The lowest BCUT2D eigenvalue weighted by atomic mass is 10.1. The normalized spacial score (nSPS) is 15.6. The molecule has 9 nitrogen and oxygen atoms in total. The predicted octanol–water partition coefficient (Wildman–Crippen LogP) is 2.53. The van der Waals surface area contributed by atoms with Crippen LogP contribution < -0.4 is 15.2 Å². The van der Waals surface area contributed by atoms with Crippen LogP contribution in [0.4, 0.5) is 0 Å². The lowest BCUT2D eigenvalue weighted by Gasteiger charge is -2.14. The number of aryl methyl sites for hydroxylation is 1. The SMILES string of the molecule is Cc1nc(Oc2cc(C#N)ccc2-c2ncc(CN)cn2)cc(O[C@H]2CCOC2)n1. The topological polar surface area (TPSA) is 129 Å². The van der Waals surface area contributed by atoms with Crippen molar-refractivity contribution in [1.29, 1.82) is 5.26 Å². The van der Waals surface area contributed by atoms with Crippen molar-refractivity contribution in [2.45, 2.75) is 26.0 Å². The second-order valence-corrected chi connectivity index (χ2v) is 6.74. The molecule has 1 aromatic carbocycles. The third-order valence-electron chi connectivity index (χ3n) is 4.47. The Morgan fingerprint density at radius 1 is 1.20 bits per heavy atom. The van der Waals surface area contributed by atoms with Crippen molar-refractivity contribution in [3.63, 3.8) is 0 Å². The molecule has 0 amide bonds. The largest absolute Gasteiger partial charge is 0.472 e. The van der Waals surface area contributed by atoms with Crippen molar-refractivity contribution in [3.05, 3.63) is 53.6 Å². The summed E-state index contributed by atoms with van der Waals surface area (Å²) in [4.78, 5) is 17.4. The van der Waals surface area contributed by atoms with E-state index in [0.717, 1.165) is 12.0 Å². The minimum absolute atomic E-state index is 0.0425. The van der Waals surface area contributed by atoms with Gasteiger partial charge in [0.15, 0.2) is 5.82 Å². The van der Waals surface area contributed by atoms with Gasteiger partial charge in [0.25, 0.3) is 0 Å². The van der Waals surface area contributed by atoms with Crippen LogP contribution in [0.3, 0.4) is 0 Å². The standard InChI is InChI=1S/C21H20N6O3/c1-13-26-19(29-16-4-5-28-12-16)7-20(27-13)30-18-6-14(8-22)2-3-17(18)21-24-10-15(9-23)11-25-21/h2-3,6-7,10-11,16H,4-5,9,12,23H2,1H3/t16-/m0/s1. The fourth-order valence-corrected chi connectivity index (χ4v) is 2.98. The number of hydrogen-bond acceptors (Lipinski definition) is 9. The molecule has 3 heterocycles. The zero-order valence-electron chi connectivity index (χ0n) is 16.4. The number of hydrogen-bond donors (Lipinski definition) is 1. The van der Waals surface area contributed by atoms with E-state index in [1.807, 2.05) is 0 Å². The van der Waals surface area contributed by atoms with Gasteiger partial charge in [0.2, 0.25) is 11.8 Å². The summed E-state index contributed by atoms with van der Waals surface area (Å²) >= 11 is 0. The van der Waals surface area contributed by atoms with Gasteiger partial charge >= 0.3 is 0 Å². The van der Waals surface area contributed by atoms with E-state index in [1.165, 1.54) is 0 Å². The number of rotatable bonds is 6. The van der Waals surface area contributed by atoms with Gasteiger partial charge in [0.05, 0.1) is 36.5 Å². The molecule has 0 unspecified atom stereocenters. The highest BCUT2D eigenvalue weighted by molar-refractivity contribution is 5.66. The van der Waals surface area contributed by atoms with E-state index in [-0.39, 0.29) is 6.10 Å². The van der Waals surface area contributed by atoms with Crippen LogP contribution in [0.2, 0.25) is 0 Å². The number of aromatic nitrogens is 4. The van der Waals surface area contributed by atoms with Gasteiger partial charge in [-0.2, -0.15) is 15.2 Å². The van der Waals surface area contributed by atoms with E-state index >= 15 is 0 Å². The van der Waals surface area contributed by atoms with Gasteiger partial charge in [-0.15, -0.1) is 0 Å². The first-order valence-electron chi connectivity index (χ1n) is 9.48. The molecule has 2 aromatic heterocycles. The summed E-state index contributed by atoms with van der Waals surface area (Å²) in [5.74, 6) is 2.07. The lowest BCUT2D eigenvalue weighted by Crippen LogP contribution is -2.16. The van der Waals surface area contributed by atoms with Gasteiger partial charge in [-0.3, -0.25) is 0 Å². The maximum atomic E-state index is 9.30. The van der Waals surface area contributed by atoms with Gasteiger partial charge in [-0.25, -0.2) is 9.97 Å². The summed E-state index contributed by atoms with van der Waals surface area (Å²) in [5, 5.41) is 9.30. The molecule has 0 saturated carbocycles. The molecule has 0 aliphatic carbocycles. The van der Waals surface area contributed by atoms with E-state index in [0.29, 0.717) is 60.0 Å². The first kappa shape index (κ1) is 19.7. The second kappa shape index (κ2) is 8.82. The molecular formula is C21H20N6O3. The molecule has 4 rings (SSSR count). The molecule has 1 aliphatic heterocycles. The van der Waals surface area contributed by atoms with Crippen LogP contribution >= 0.6 is 0 Å². The van der Waals surface area contributed by atoms with Crippen molar-refractivity contribution in [2.24, 2.45) is 5.73 Å². The van der Waals surface area contributed by atoms with Gasteiger partial charge < -0.3 is 19.9 Å². The molecule has 0 radical (unpaired) electrons. The van der Waals surface area contributed by atoms with Crippen LogP contribution in [-0.4, -0.2) is 39.3 Å². The van der Waals surface area contributed by atoms with Crippen LogP contribution in [0.15, 0.2) is 36.7 Å². The van der Waals surface area contributed by atoms with E-state index in [2.05, 4.69) is 26.0 Å². The van der Waals surface area contributed by atoms with Crippen molar-refractivity contribution in [2.75, 3.05) is 13.2 Å². The molecule has 1 atom stereocenters. The Bertz CT molecular complexity index is 1080. The Balaban J connectivity index is 1.66. The molecule has 1 fully saturated rings. The lowest BCUT2D eigenvalue weighted by molar-refractivity contribution is 0.137. The van der Waals surface area contributed by atoms with E-state index in [1.54, 1.807) is 43.6 Å². The summed E-state index contributed by atoms with van der Waals surface area (Å²) in [7, 11) is 0. The molecule has 9 heteroatoms. The third kappa shape index (κ3) is 4.51. The van der Waals surface area contributed by atoms with Gasteiger partial charge in [0.1, 0.15) is 17.7 Å². The minimum Gasteiger partial charge on any atom is -0.472 e. The summed E-state index contributed by atoms with van der Waals surface area (Å²) in [6.45, 7) is 3.31. The zero-order valence-corrected chi connectivity index (χ0v) is 16.4. The summed E-state index contributed by atoms with van der Waals surface area (Å²) < 4.78 is 17.2. The van der Waals surface area contributed by atoms with Crippen molar-refractivity contribution >= 4 is 0 Å². The molecule has 0 spiro atoms. The summed E-state index contributed by atoms with van der Waals surface area (Å²) in [5.41, 5.74) is 7.51. The smallest absolute Gasteiger partial charge is 0.226 e. The van der Waals surface area contributed by atoms with Gasteiger partial charge in [-0.1, -0.05) is 0 Å². The van der Waals surface area contributed by atoms with Gasteiger partial charge in [-0.05, 0) is 25.1 Å². The van der Waals surface area contributed by atoms with Crippen LogP contribution in [0, 0.1) is 18.3 Å². The molecule has 3 aromatic rings. The van der Waals surface area contributed by atoms with Crippen molar-refractivity contribution in [1.82, 2.24) is 19.9 Å². The van der Waals surface area contributed by atoms with Crippen molar-refractivity contribution in [3.8, 4) is 35.0 Å². The quantitative estimate of drug-likeness (QED) is 0.658. The summed E-state index contributed by atoms with van der Waals surface area (Å²) in [6.07, 6.45) is 4.09. The first-order valence-corrected chi connectivity index (χ1v) is 9.48. The van der Waals surface area contributed by atoms with E-state index in [4.69, 9.17) is 19.9 Å². The first-order chi connectivity index (χ1) is 14.6. The van der Waals surface area contributed by atoms with Crippen LogP contribution in [0.1, 0.15) is 23.4 Å². The highest BCUT2D eigenvalue weighted by atomic mass is 16.6. The molecule has 0 bridgehead atoms. The monoisotopic (exact) mass is 404 g/mol. The molecule has 30 heavy (non-hydrogen) atoms. The number of nitrogens with two attached hydrogens (primary N) is 1. The van der Waals surface area contributed by atoms with Gasteiger partial charge in [0, 0.05) is 30.9 Å². The average molecular weight is 404 g/mol. The molecule has 2 N–H and O–H groups in total. The molecule has 1 aliphatic rings. The second-order valence-electron chi connectivity index (χ2n) is 6.74. The Kier molecular flexibility index (Phi) is 5.79. The highest BCUT2D eigenvalue weighted by Crippen LogP contribution is 2.33. The predicted molar refractivity (Wildman–Crippen MR) is 107 cm³/mol. The minimum atomic E-state index is -0.0425. The highest BCUT2D eigenvalue weighted by Gasteiger charge is 2.19. The molecular weight excluding hydrogens is 384 g/mol. The number of nitrogens with zero attached hydrogens (tertiary/aromatic N) is 5. The molecule has 152 valence electrons. The van der Waals surface area contributed by atoms with E-state index in [9.17, 15) is 5.26 Å². The third-order valence-corrected chi connectivity index (χ3v) is 4.47. The maximum absolute atomic E-state index is 9.30. The van der Waals surface area contributed by atoms with Crippen LogP contribution in [-0.2, 0) is 11.3 Å². The number of nitriles is 1. The Morgan fingerprint density at radius 3 is 2.70 bits per heavy atom.